The van der Waals surface area contributed by atoms with Gasteiger partial charge in [0.15, 0.2) is 0 Å². The number of aliphatic hydroxyl groups excluding tert-OH is 1. The summed E-state index contributed by atoms with van der Waals surface area (Å²) in [6, 6.07) is 16.9. The Morgan fingerprint density at radius 1 is 1.08 bits per heavy atom. The van der Waals surface area contributed by atoms with E-state index in [1.54, 1.807) is 6.92 Å². The molecule has 0 amide bonds. The molecule has 0 radical (unpaired) electrons. The molecule has 26 heavy (non-hydrogen) atoms. The molecule has 0 spiro atoms. The minimum Gasteiger partial charge on any atom is -0.388 e. The number of rotatable bonds is 6. The van der Waals surface area contributed by atoms with Crippen LogP contribution in [-0.2, 0) is 10.0 Å². The lowest BCUT2D eigenvalue weighted by atomic mass is 9.99. The van der Waals surface area contributed by atoms with Gasteiger partial charge >= 0.3 is 0 Å². The molecule has 0 aliphatic carbocycles. The van der Waals surface area contributed by atoms with Crippen molar-refractivity contribution in [2.45, 2.75) is 24.3 Å². The van der Waals surface area contributed by atoms with Gasteiger partial charge in [-0.2, -0.15) is 0 Å². The molecule has 0 aliphatic rings. The van der Waals surface area contributed by atoms with E-state index in [0.717, 1.165) is 22.4 Å². The largest absolute Gasteiger partial charge is 0.388 e. The van der Waals surface area contributed by atoms with Crippen LogP contribution in [0.3, 0.4) is 0 Å². The van der Waals surface area contributed by atoms with Gasteiger partial charge in [0.05, 0.1) is 11.0 Å². The highest BCUT2D eigenvalue weighted by Gasteiger charge is 2.18. The smallest absolute Gasteiger partial charge is 0.240 e. The van der Waals surface area contributed by atoms with Crippen LogP contribution in [0.4, 0.5) is 4.39 Å². The number of aryl methyl sites for hydroxylation is 1. The fourth-order valence-electron chi connectivity index (χ4n) is 3.02. The van der Waals surface area contributed by atoms with Crippen LogP contribution in [0, 0.1) is 12.7 Å². The van der Waals surface area contributed by atoms with Crippen LogP contribution >= 0.6 is 0 Å². The Morgan fingerprint density at radius 3 is 2.58 bits per heavy atom. The summed E-state index contributed by atoms with van der Waals surface area (Å²) in [5, 5.41) is 12.5. The van der Waals surface area contributed by atoms with Crippen molar-refractivity contribution in [2.24, 2.45) is 0 Å². The molecule has 0 saturated heterocycles. The van der Waals surface area contributed by atoms with Gasteiger partial charge in [-0.15, -0.1) is 0 Å². The molecular weight excluding hydrogens is 353 g/mol. The number of sulfonamides is 1. The zero-order chi connectivity index (χ0) is 18.7. The van der Waals surface area contributed by atoms with Gasteiger partial charge in [0, 0.05) is 6.54 Å². The Kier molecular flexibility index (Phi) is 5.36. The summed E-state index contributed by atoms with van der Waals surface area (Å²) >= 11 is 0. The van der Waals surface area contributed by atoms with E-state index in [2.05, 4.69) is 4.72 Å². The van der Waals surface area contributed by atoms with Crippen LogP contribution in [0.15, 0.2) is 65.6 Å². The fourth-order valence-corrected chi connectivity index (χ4v) is 4.29. The number of fused-ring (bicyclic) bond motifs is 1. The zero-order valence-corrected chi connectivity index (χ0v) is 15.1. The number of benzene rings is 3. The van der Waals surface area contributed by atoms with Gasteiger partial charge in [0.2, 0.25) is 10.0 Å². The van der Waals surface area contributed by atoms with Crippen molar-refractivity contribution in [1.29, 1.82) is 0 Å². The lowest BCUT2D eigenvalue weighted by Crippen LogP contribution is -2.26. The second kappa shape index (κ2) is 7.53. The quantitative estimate of drug-likeness (QED) is 0.693. The number of nitrogens with one attached hydrogen (secondary N) is 1. The molecule has 136 valence electrons. The average molecular weight is 373 g/mol. The summed E-state index contributed by atoms with van der Waals surface area (Å²) in [6.07, 6.45) is -0.564. The Labute approximate surface area is 152 Å². The fraction of sp³-hybridized carbons (Fsp3) is 0.200. The van der Waals surface area contributed by atoms with Crippen LogP contribution < -0.4 is 4.72 Å². The van der Waals surface area contributed by atoms with Crippen LogP contribution in [0.2, 0.25) is 0 Å². The standard InChI is InChI=1S/C20H20FNO3S/c1-14-13-16(21)9-10-20(14)26(24,25)22-12-11-19(23)18-8-4-6-15-5-2-3-7-17(15)18/h2-10,13,19,22-23H,11-12H2,1H3. The van der Waals surface area contributed by atoms with Gasteiger partial charge in [-0.1, -0.05) is 42.5 Å². The summed E-state index contributed by atoms with van der Waals surface area (Å²) < 4.78 is 40.4. The van der Waals surface area contributed by atoms with E-state index >= 15 is 0 Å². The van der Waals surface area contributed by atoms with E-state index in [9.17, 15) is 17.9 Å². The average Bonchev–Trinajstić information content (AvgIpc) is 2.60. The van der Waals surface area contributed by atoms with E-state index < -0.39 is 21.9 Å². The van der Waals surface area contributed by atoms with Gasteiger partial charge in [-0.3, -0.25) is 0 Å². The topological polar surface area (TPSA) is 66.4 Å². The molecule has 1 unspecified atom stereocenters. The van der Waals surface area contributed by atoms with E-state index in [0.29, 0.717) is 5.56 Å². The maximum Gasteiger partial charge on any atom is 0.240 e. The van der Waals surface area contributed by atoms with Crippen molar-refractivity contribution < 1.29 is 17.9 Å². The highest BCUT2D eigenvalue weighted by Crippen LogP contribution is 2.26. The Morgan fingerprint density at radius 2 is 1.81 bits per heavy atom. The summed E-state index contributed by atoms with van der Waals surface area (Å²) in [5.41, 5.74) is 1.10. The van der Waals surface area contributed by atoms with Crippen molar-refractivity contribution in [3.05, 3.63) is 77.6 Å². The van der Waals surface area contributed by atoms with Crippen molar-refractivity contribution in [2.75, 3.05) is 6.54 Å². The molecule has 0 aromatic heterocycles. The molecule has 3 aromatic rings. The van der Waals surface area contributed by atoms with Crippen LogP contribution in [-0.4, -0.2) is 20.1 Å². The molecule has 1 atom stereocenters. The summed E-state index contributed by atoms with van der Waals surface area (Å²) in [4.78, 5) is 0.0403. The van der Waals surface area contributed by atoms with Crippen LogP contribution in [0.5, 0.6) is 0 Å². The van der Waals surface area contributed by atoms with Gasteiger partial charge in [0.25, 0.3) is 0 Å². The van der Waals surface area contributed by atoms with Crippen molar-refractivity contribution in [3.63, 3.8) is 0 Å². The third-order valence-electron chi connectivity index (χ3n) is 4.32. The predicted octanol–water partition coefficient (Wildman–Crippen LogP) is 3.69. The van der Waals surface area contributed by atoms with E-state index in [1.165, 1.54) is 12.1 Å². The monoisotopic (exact) mass is 373 g/mol. The van der Waals surface area contributed by atoms with Crippen molar-refractivity contribution in [1.82, 2.24) is 4.72 Å². The Hall–Kier alpha value is -2.28. The number of aliphatic hydroxyl groups is 1. The minimum atomic E-state index is -3.76. The SMILES string of the molecule is Cc1cc(F)ccc1S(=O)(=O)NCCC(O)c1cccc2ccccc12. The van der Waals surface area contributed by atoms with Gasteiger partial charge in [-0.05, 0) is 53.4 Å². The lowest BCUT2D eigenvalue weighted by Gasteiger charge is -2.15. The first-order valence-corrected chi connectivity index (χ1v) is 9.78. The van der Waals surface area contributed by atoms with Crippen molar-refractivity contribution >= 4 is 20.8 Å². The number of hydrogen-bond acceptors (Lipinski definition) is 3. The third-order valence-corrected chi connectivity index (χ3v) is 5.94. The molecule has 0 bridgehead atoms. The maximum absolute atomic E-state index is 13.2. The van der Waals surface area contributed by atoms with Crippen LogP contribution in [0.25, 0.3) is 10.8 Å². The van der Waals surface area contributed by atoms with Crippen molar-refractivity contribution in [3.8, 4) is 0 Å². The third kappa shape index (κ3) is 3.93. The molecule has 3 aromatic carbocycles. The highest BCUT2D eigenvalue weighted by molar-refractivity contribution is 7.89. The van der Waals surface area contributed by atoms with Gasteiger partial charge in [-0.25, -0.2) is 17.5 Å². The van der Waals surface area contributed by atoms with E-state index in [1.807, 2.05) is 42.5 Å². The molecule has 6 heteroatoms. The molecule has 3 rings (SSSR count). The second-order valence-electron chi connectivity index (χ2n) is 6.18. The highest BCUT2D eigenvalue weighted by atomic mass is 32.2. The first-order chi connectivity index (χ1) is 12.4. The molecule has 0 heterocycles. The number of halogens is 1. The molecule has 0 aliphatic heterocycles. The Bertz CT molecular complexity index is 1030. The zero-order valence-electron chi connectivity index (χ0n) is 14.3. The summed E-state index contributed by atoms with van der Waals surface area (Å²) in [6.45, 7) is 1.62. The predicted molar refractivity (Wildman–Crippen MR) is 99.9 cm³/mol. The first-order valence-electron chi connectivity index (χ1n) is 8.30. The van der Waals surface area contributed by atoms with E-state index in [-0.39, 0.29) is 17.9 Å². The normalized spacial score (nSPS) is 13.0. The van der Waals surface area contributed by atoms with E-state index in [4.69, 9.17) is 0 Å². The molecule has 0 saturated carbocycles. The number of hydrogen-bond donors (Lipinski definition) is 2. The second-order valence-corrected chi connectivity index (χ2v) is 7.92. The lowest BCUT2D eigenvalue weighted by molar-refractivity contribution is 0.170. The Balaban J connectivity index is 1.70. The maximum atomic E-state index is 13.2. The minimum absolute atomic E-state index is 0.0403. The molecule has 0 fully saturated rings. The summed E-state index contributed by atoms with van der Waals surface area (Å²) in [7, 11) is -3.76. The van der Waals surface area contributed by atoms with Gasteiger partial charge < -0.3 is 5.11 Å². The summed E-state index contributed by atoms with van der Waals surface area (Å²) in [5.74, 6) is -0.479. The molecule has 2 N–H and O–H groups in total. The molecular formula is C20H20FNO3S. The van der Waals surface area contributed by atoms with Gasteiger partial charge in [0.1, 0.15) is 5.82 Å². The van der Waals surface area contributed by atoms with Crippen LogP contribution in [0.1, 0.15) is 23.7 Å². The first kappa shape index (κ1) is 18.5. The molecule has 4 nitrogen and oxygen atoms in total.